The molecule has 3 rings (SSSR count). The third kappa shape index (κ3) is 4.43. The minimum absolute atomic E-state index is 0.261. The molecule has 1 aliphatic heterocycles. The first kappa shape index (κ1) is 15.8. The highest BCUT2D eigenvalue weighted by Crippen LogP contribution is 2.22. The highest BCUT2D eigenvalue weighted by atomic mass is 32.1. The maximum absolute atomic E-state index is 5.61. The maximum Gasteiger partial charge on any atom is 0.185 e. The van der Waals surface area contributed by atoms with Gasteiger partial charge in [-0.05, 0) is 49.3 Å². The summed E-state index contributed by atoms with van der Waals surface area (Å²) >= 11 is 5.45. The molecule has 0 aromatic heterocycles. The van der Waals surface area contributed by atoms with E-state index in [9.17, 15) is 0 Å². The molecular formula is C18H21N3OS. The van der Waals surface area contributed by atoms with E-state index in [-0.39, 0.29) is 6.10 Å². The van der Waals surface area contributed by atoms with Gasteiger partial charge in [-0.1, -0.05) is 36.4 Å². The first-order valence-corrected chi connectivity index (χ1v) is 8.30. The number of nitrogens with zero attached hydrogens (tertiary/aromatic N) is 1. The molecule has 120 valence electrons. The predicted octanol–water partition coefficient (Wildman–Crippen LogP) is 3.38. The first-order valence-electron chi connectivity index (χ1n) is 7.89. The molecule has 1 fully saturated rings. The van der Waals surface area contributed by atoms with E-state index in [1.165, 1.54) is 0 Å². The number of nitrogens with one attached hydrogen (secondary N) is 2. The fraction of sp³-hybridized carbons (Fsp3) is 0.278. The van der Waals surface area contributed by atoms with Crippen molar-refractivity contribution in [2.75, 3.05) is 18.2 Å². The second-order valence-electron chi connectivity index (χ2n) is 5.46. The van der Waals surface area contributed by atoms with Crippen LogP contribution in [0.5, 0.6) is 0 Å². The number of hydrazine groups is 1. The number of rotatable bonds is 5. The summed E-state index contributed by atoms with van der Waals surface area (Å²) < 4.78 is 5.61. The zero-order valence-corrected chi connectivity index (χ0v) is 13.8. The van der Waals surface area contributed by atoms with Gasteiger partial charge in [0.25, 0.3) is 0 Å². The van der Waals surface area contributed by atoms with Crippen molar-refractivity contribution in [2.45, 2.75) is 18.9 Å². The quantitative estimate of drug-likeness (QED) is 0.650. The van der Waals surface area contributed by atoms with Gasteiger partial charge in [-0.3, -0.25) is 10.4 Å². The average Bonchev–Trinajstić information content (AvgIpc) is 3.13. The van der Waals surface area contributed by atoms with Crippen LogP contribution in [0.1, 0.15) is 12.8 Å². The lowest BCUT2D eigenvalue weighted by Gasteiger charge is -2.27. The highest BCUT2D eigenvalue weighted by Gasteiger charge is 2.16. The summed E-state index contributed by atoms with van der Waals surface area (Å²) in [5.41, 5.74) is 5.33. The summed E-state index contributed by atoms with van der Waals surface area (Å²) in [4.78, 5) is 0. The summed E-state index contributed by atoms with van der Waals surface area (Å²) in [7, 11) is 0. The number of benzene rings is 2. The van der Waals surface area contributed by atoms with Crippen LogP contribution in [-0.2, 0) is 4.74 Å². The van der Waals surface area contributed by atoms with Gasteiger partial charge >= 0.3 is 0 Å². The molecule has 4 nitrogen and oxygen atoms in total. The lowest BCUT2D eigenvalue weighted by molar-refractivity contribution is 0.114. The second-order valence-corrected chi connectivity index (χ2v) is 5.87. The van der Waals surface area contributed by atoms with Crippen molar-refractivity contribution in [1.29, 1.82) is 0 Å². The Morgan fingerprint density at radius 2 is 1.65 bits per heavy atom. The van der Waals surface area contributed by atoms with E-state index in [4.69, 9.17) is 17.0 Å². The molecule has 0 unspecified atom stereocenters. The molecular weight excluding hydrogens is 306 g/mol. The molecule has 0 saturated carbocycles. The summed E-state index contributed by atoms with van der Waals surface area (Å²) in [5, 5.41) is 5.82. The summed E-state index contributed by atoms with van der Waals surface area (Å²) in [5.74, 6) is 0. The largest absolute Gasteiger partial charge is 0.376 e. The van der Waals surface area contributed by atoms with E-state index >= 15 is 0 Å². The van der Waals surface area contributed by atoms with Gasteiger partial charge < -0.3 is 10.1 Å². The van der Waals surface area contributed by atoms with E-state index in [0.29, 0.717) is 5.11 Å². The molecule has 2 N–H and O–H groups in total. The van der Waals surface area contributed by atoms with Crippen molar-refractivity contribution in [3.05, 3.63) is 60.7 Å². The molecule has 0 radical (unpaired) electrons. The van der Waals surface area contributed by atoms with E-state index in [2.05, 4.69) is 10.7 Å². The van der Waals surface area contributed by atoms with Crippen molar-refractivity contribution in [3.8, 4) is 0 Å². The monoisotopic (exact) mass is 327 g/mol. The molecule has 0 amide bonds. The van der Waals surface area contributed by atoms with Crippen molar-refractivity contribution in [1.82, 2.24) is 10.7 Å². The van der Waals surface area contributed by atoms with Gasteiger partial charge in [0, 0.05) is 13.2 Å². The summed E-state index contributed by atoms with van der Waals surface area (Å²) in [6.07, 6.45) is 2.49. The maximum atomic E-state index is 5.61. The van der Waals surface area contributed by atoms with Crippen LogP contribution < -0.4 is 15.8 Å². The minimum atomic E-state index is 0.261. The zero-order chi connectivity index (χ0) is 15.9. The summed E-state index contributed by atoms with van der Waals surface area (Å²) in [6, 6.07) is 20.2. The molecule has 1 aliphatic rings. The molecule has 1 atom stereocenters. The standard InChI is InChI=1S/C18H21N3OS/c23-18(19-14-17-12-7-13-22-17)20-21(15-8-3-1-4-9-15)16-10-5-2-6-11-16/h1-6,8-11,17H,7,12-14H2,(H2,19,20,23)/t17-/m0/s1. The lowest BCUT2D eigenvalue weighted by Crippen LogP contribution is -2.46. The number of para-hydroxylation sites is 2. The smallest absolute Gasteiger partial charge is 0.185 e. The van der Waals surface area contributed by atoms with Gasteiger partial charge in [0.2, 0.25) is 0 Å². The van der Waals surface area contributed by atoms with Crippen LogP contribution in [0.25, 0.3) is 0 Å². The highest BCUT2D eigenvalue weighted by molar-refractivity contribution is 7.80. The van der Waals surface area contributed by atoms with E-state index in [1.807, 2.05) is 65.7 Å². The normalized spacial score (nSPS) is 16.8. The number of ether oxygens (including phenoxy) is 1. The Labute approximate surface area is 142 Å². The molecule has 0 bridgehead atoms. The molecule has 2 aromatic rings. The lowest BCUT2D eigenvalue weighted by atomic mass is 10.2. The van der Waals surface area contributed by atoms with E-state index < -0.39 is 0 Å². The van der Waals surface area contributed by atoms with Gasteiger partial charge in [0.05, 0.1) is 17.5 Å². The second kappa shape index (κ2) is 7.94. The fourth-order valence-electron chi connectivity index (χ4n) is 2.59. The Morgan fingerprint density at radius 3 is 2.17 bits per heavy atom. The average molecular weight is 327 g/mol. The van der Waals surface area contributed by atoms with Crippen LogP contribution in [0.4, 0.5) is 11.4 Å². The fourth-order valence-corrected chi connectivity index (χ4v) is 2.76. The molecule has 1 heterocycles. The third-order valence-corrected chi connectivity index (χ3v) is 3.99. The molecule has 0 spiro atoms. The number of thiocarbonyl (C=S) groups is 1. The molecule has 0 aliphatic carbocycles. The Kier molecular flexibility index (Phi) is 5.45. The Morgan fingerprint density at radius 1 is 1.04 bits per heavy atom. The van der Waals surface area contributed by atoms with Crippen LogP contribution in [0, 0.1) is 0 Å². The number of hydrogen-bond donors (Lipinski definition) is 2. The van der Waals surface area contributed by atoms with E-state index in [0.717, 1.165) is 37.4 Å². The van der Waals surface area contributed by atoms with Crippen LogP contribution >= 0.6 is 12.2 Å². The van der Waals surface area contributed by atoms with Crippen LogP contribution in [-0.4, -0.2) is 24.4 Å². The van der Waals surface area contributed by atoms with Gasteiger partial charge in [0.1, 0.15) is 0 Å². The summed E-state index contributed by atoms with van der Waals surface area (Å²) in [6.45, 7) is 1.59. The number of anilines is 2. The molecule has 2 aromatic carbocycles. The minimum Gasteiger partial charge on any atom is -0.376 e. The Hall–Kier alpha value is -2.11. The molecule has 23 heavy (non-hydrogen) atoms. The van der Waals surface area contributed by atoms with E-state index in [1.54, 1.807) is 0 Å². The Bertz CT molecular complexity index is 575. The SMILES string of the molecule is S=C(NC[C@@H]1CCCO1)NN(c1ccccc1)c1ccccc1. The van der Waals surface area contributed by atoms with Gasteiger partial charge in [-0.25, -0.2) is 0 Å². The first-order chi connectivity index (χ1) is 11.3. The molecule has 5 heteroatoms. The van der Waals surface area contributed by atoms with Crippen molar-refractivity contribution in [3.63, 3.8) is 0 Å². The zero-order valence-electron chi connectivity index (χ0n) is 12.9. The van der Waals surface area contributed by atoms with Crippen LogP contribution in [0.15, 0.2) is 60.7 Å². The molecule has 1 saturated heterocycles. The van der Waals surface area contributed by atoms with Gasteiger partial charge in [0.15, 0.2) is 5.11 Å². The van der Waals surface area contributed by atoms with Crippen molar-refractivity contribution >= 4 is 28.7 Å². The van der Waals surface area contributed by atoms with Crippen molar-refractivity contribution < 1.29 is 4.74 Å². The van der Waals surface area contributed by atoms with Gasteiger partial charge in [-0.2, -0.15) is 0 Å². The third-order valence-electron chi connectivity index (χ3n) is 3.76. The van der Waals surface area contributed by atoms with Gasteiger partial charge in [-0.15, -0.1) is 0 Å². The van der Waals surface area contributed by atoms with Crippen LogP contribution in [0.3, 0.4) is 0 Å². The Balaban J connectivity index is 1.67. The van der Waals surface area contributed by atoms with Crippen molar-refractivity contribution in [2.24, 2.45) is 0 Å². The number of hydrogen-bond acceptors (Lipinski definition) is 3. The topological polar surface area (TPSA) is 36.5 Å². The predicted molar refractivity (Wildman–Crippen MR) is 97.7 cm³/mol. The van der Waals surface area contributed by atoms with Crippen LogP contribution in [0.2, 0.25) is 0 Å².